The highest BCUT2D eigenvalue weighted by atomic mass is 16.5. The van der Waals surface area contributed by atoms with Crippen molar-refractivity contribution >= 4 is 5.91 Å². The molecule has 6 heteroatoms. The van der Waals surface area contributed by atoms with Crippen LogP contribution in [0, 0.1) is 6.92 Å². The van der Waals surface area contributed by atoms with Crippen LogP contribution in [-0.4, -0.2) is 22.2 Å². The van der Waals surface area contributed by atoms with Crippen molar-refractivity contribution in [1.82, 2.24) is 15.5 Å². The van der Waals surface area contributed by atoms with Gasteiger partial charge in [-0.05, 0) is 42.9 Å². The molecule has 0 saturated heterocycles. The van der Waals surface area contributed by atoms with Crippen LogP contribution in [0.3, 0.4) is 0 Å². The third-order valence-corrected chi connectivity index (χ3v) is 5.18. The number of nitrogens with one attached hydrogen (secondary N) is 1. The maximum Gasteiger partial charge on any atom is 0.261 e. The van der Waals surface area contributed by atoms with Gasteiger partial charge in [0.05, 0.1) is 0 Å². The second-order valence-electron chi connectivity index (χ2n) is 8.45. The van der Waals surface area contributed by atoms with Crippen molar-refractivity contribution in [2.45, 2.75) is 77.4 Å². The third-order valence-electron chi connectivity index (χ3n) is 5.18. The predicted octanol–water partition coefficient (Wildman–Crippen LogP) is 4.03. The minimum Gasteiger partial charge on any atom is -0.481 e. The van der Waals surface area contributed by atoms with Gasteiger partial charge in [0, 0.05) is 6.92 Å². The van der Waals surface area contributed by atoms with Crippen molar-refractivity contribution in [3.8, 4) is 5.75 Å². The van der Waals surface area contributed by atoms with Crippen LogP contribution in [-0.2, 0) is 15.7 Å². The number of hydrogen-bond acceptors (Lipinski definition) is 5. The van der Waals surface area contributed by atoms with Gasteiger partial charge in [-0.15, -0.1) is 0 Å². The number of aromatic nitrogens is 2. The van der Waals surface area contributed by atoms with Gasteiger partial charge < -0.3 is 14.6 Å². The molecule has 0 radical (unpaired) electrons. The quantitative estimate of drug-likeness (QED) is 0.859. The molecular weight excluding hydrogens is 342 g/mol. The average molecular weight is 371 g/mol. The van der Waals surface area contributed by atoms with Crippen molar-refractivity contribution in [3.63, 3.8) is 0 Å². The van der Waals surface area contributed by atoms with Gasteiger partial charge in [0.15, 0.2) is 11.9 Å². The van der Waals surface area contributed by atoms with Crippen LogP contribution in [0.15, 0.2) is 28.8 Å². The van der Waals surface area contributed by atoms with Gasteiger partial charge >= 0.3 is 0 Å². The molecule has 27 heavy (non-hydrogen) atoms. The highest BCUT2D eigenvalue weighted by Gasteiger charge is 2.42. The molecule has 0 spiro atoms. The lowest BCUT2D eigenvalue weighted by Gasteiger charge is -2.28. The first-order valence-corrected chi connectivity index (χ1v) is 9.60. The van der Waals surface area contributed by atoms with Crippen LogP contribution >= 0.6 is 0 Å². The Balaban J connectivity index is 1.68. The Bertz CT molecular complexity index is 784. The molecule has 0 bridgehead atoms. The smallest absolute Gasteiger partial charge is 0.261 e. The monoisotopic (exact) mass is 371 g/mol. The largest absolute Gasteiger partial charge is 0.481 e. The molecule has 2 aromatic rings. The summed E-state index contributed by atoms with van der Waals surface area (Å²) >= 11 is 0. The molecule has 1 aliphatic rings. The Morgan fingerprint density at radius 2 is 1.85 bits per heavy atom. The van der Waals surface area contributed by atoms with E-state index in [-0.39, 0.29) is 11.3 Å². The van der Waals surface area contributed by atoms with Gasteiger partial charge in [-0.1, -0.05) is 50.9 Å². The fourth-order valence-electron chi connectivity index (χ4n) is 3.51. The van der Waals surface area contributed by atoms with Crippen molar-refractivity contribution in [2.75, 3.05) is 0 Å². The average Bonchev–Trinajstić information content (AvgIpc) is 3.24. The highest BCUT2D eigenvalue weighted by molar-refractivity contribution is 5.81. The van der Waals surface area contributed by atoms with Crippen LogP contribution in [0.25, 0.3) is 0 Å². The van der Waals surface area contributed by atoms with Gasteiger partial charge in [-0.3, -0.25) is 4.79 Å². The summed E-state index contributed by atoms with van der Waals surface area (Å²) in [5.41, 5.74) is 0.756. The number of hydrogen-bond donors (Lipinski definition) is 1. The number of ether oxygens (including phenoxy) is 1. The highest BCUT2D eigenvalue weighted by Crippen LogP contribution is 2.37. The Hall–Kier alpha value is -2.37. The van der Waals surface area contributed by atoms with Crippen LogP contribution < -0.4 is 10.1 Å². The van der Waals surface area contributed by atoms with Gasteiger partial charge in [-0.25, -0.2) is 0 Å². The third kappa shape index (κ3) is 4.31. The van der Waals surface area contributed by atoms with E-state index in [1.807, 2.05) is 24.3 Å². The van der Waals surface area contributed by atoms with Crippen molar-refractivity contribution in [1.29, 1.82) is 0 Å². The zero-order valence-electron chi connectivity index (χ0n) is 16.8. The normalized spacial score (nSPS) is 17.5. The topological polar surface area (TPSA) is 77.2 Å². The molecule has 1 aliphatic carbocycles. The molecule has 1 amide bonds. The summed E-state index contributed by atoms with van der Waals surface area (Å²) in [5, 5.41) is 7.19. The standard InChI is InChI=1S/C21H29N3O3/c1-14(26-17-10-8-16(9-11-17)20(3,4)5)18(25)23-21(12-6-7-13-21)19-22-15(2)27-24-19/h8-11,14H,6-7,12-13H2,1-5H3,(H,23,25). The van der Waals surface area contributed by atoms with Crippen LogP contribution in [0.4, 0.5) is 0 Å². The number of nitrogens with zero attached hydrogens (tertiary/aromatic N) is 2. The van der Waals surface area contributed by atoms with E-state index in [9.17, 15) is 4.79 Å². The molecule has 6 nitrogen and oxygen atoms in total. The molecule has 1 aromatic heterocycles. The molecule has 1 heterocycles. The minimum absolute atomic E-state index is 0.0824. The lowest BCUT2D eigenvalue weighted by atomic mass is 9.87. The Labute approximate surface area is 160 Å². The summed E-state index contributed by atoms with van der Waals surface area (Å²) in [5.74, 6) is 1.59. The summed E-state index contributed by atoms with van der Waals surface area (Å²) < 4.78 is 11.0. The molecule has 146 valence electrons. The molecule has 0 aliphatic heterocycles. The minimum atomic E-state index is -0.615. The fourth-order valence-corrected chi connectivity index (χ4v) is 3.51. The van der Waals surface area contributed by atoms with E-state index in [4.69, 9.17) is 9.26 Å². The van der Waals surface area contributed by atoms with E-state index in [1.54, 1.807) is 13.8 Å². The fraction of sp³-hybridized carbons (Fsp3) is 0.571. The summed E-state index contributed by atoms with van der Waals surface area (Å²) in [6, 6.07) is 7.91. The Kier molecular flexibility index (Phi) is 5.27. The number of rotatable bonds is 5. The Morgan fingerprint density at radius 3 is 2.37 bits per heavy atom. The first-order valence-electron chi connectivity index (χ1n) is 9.60. The summed E-state index contributed by atoms with van der Waals surface area (Å²) in [6.07, 6.45) is 3.06. The molecule has 1 saturated carbocycles. The molecule has 1 unspecified atom stereocenters. The van der Waals surface area contributed by atoms with E-state index in [1.165, 1.54) is 5.56 Å². The molecule has 1 aromatic carbocycles. The first-order chi connectivity index (χ1) is 12.7. The maximum atomic E-state index is 12.8. The van der Waals surface area contributed by atoms with Crippen LogP contribution in [0.5, 0.6) is 5.75 Å². The van der Waals surface area contributed by atoms with E-state index in [2.05, 4.69) is 36.2 Å². The Morgan fingerprint density at radius 1 is 1.22 bits per heavy atom. The van der Waals surface area contributed by atoms with Gasteiger partial charge in [-0.2, -0.15) is 4.98 Å². The lowest BCUT2D eigenvalue weighted by Crippen LogP contribution is -2.49. The molecule has 1 atom stereocenters. The van der Waals surface area contributed by atoms with Crippen LogP contribution in [0.2, 0.25) is 0 Å². The lowest BCUT2D eigenvalue weighted by molar-refractivity contribution is -0.129. The summed E-state index contributed by atoms with van der Waals surface area (Å²) in [7, 11) is 0. The van der Waals surface area contributed by atoms with Crippen molar-refractivity contribution < 1.29 is 14.1 Å². The summed E-state index contributed by atoms with van der Waals surface area (Å²) in [6.45, 7) is 10.0. The van der Waals surface area contributed by atoms with E-state index >= 15 is 0 Å². The van der Waals surface area contributed by atoms with Gasteiger partial charge in [0.25, 0.3) is 5.91 Å². The zero-order valence-corrected chi connectivity index (χ0v) is 16.8. The van der Waals surface area contributed by atoms with E-state index in [0.717, 1.165) is 25.7 Å². The number of carbonyl (C=O) groups excluding carboxylic acids is 1. The number of aryl methyl sites for hydroxylation is 1. The predicted molar refractivity (Wildman–Crippen MR) is 103 cm³/mol. The van der Waals surface area contributed by atoms with Crippen LogP contribution in [0.1, 0.15) is 70.7 Å². The number of benzene rings is 1. The maximum absolute atomic E-state index is 12.8. The van der Waals surface area contributed by atoms with E-state index in [0.29, 0.717) is 17.5 Å². The first kappa shape index (κ1) is 19.4. The summed E-state index contributed by atoms with van der Waals surface area (Å²) in [4.78, 5) is 17.2. The number of amides is 1. The van der Waals surface area contributed by atoms with Gasteiger partial charge in [0.1, 0.15) is 11.3 Å². The molecule has 3 rings (SSSR count). The second kappa shape index (κ2) is 7.33. The van der Waals surface area contributed by atoms with E-state index < -0.39 is 11.6 Å². The SMILES string of the molecule is Cc1nc(C2(NC(=O)C(C)Oc3ccc(C(C)(C)C)cc3)CCCC2)no1. The van der Waals surface area contributed by atoms with Crippen molar-refractivity contribution in [2.24, 2.45) is 0 Å². The van der Waals surface area contributed by atoms with Gasteiger partial charge in [0.2, 0.25) is 5.89 Å². The molecule has 1 fully saturated rings. The number of carbonyl (C=O) groups is 1. The second-order valence-corrected chi connectivity index (χ2v) is 8.45. The molecule has 1 N–H and O–H groups in total. The molecular formula is C21H29N3O3. The zero-order chi connectivity index (χ0) is 19.7. The van der Waals surface area contributed by atoms with Crippen molar-refractivity contribution in [3.05, 3.63) is 41.5 Å².